The zero-order valence-electron chi connectivity index (χ0n) is 16.3. The van der Waals surface area contributed by atoms with Crippen LogP contribution in [0, 0.1) is 11.3 Å². The van der Waals surface area contributed by atoms with Gasteiger partial charge in [0.25, 0.3) is 0 Å². The van der Waals surface area contributed by atoms with Gasteiger partial charge in [-0.1, -0.05) is 24.3 Å². The van der Waals surface area contributed by atoms with Crippen molar-refractivity contribution in [3.05, 3.63) is 65.2 Å². The molecule has 31 heavy (non-hydrogen) atoms. The van der Waals surface area contributed by atoms with Gasteiger partial charge in [0.1, 0.15) is 0 Å². The minimum Gasteiger partial charge on any atom is -0.392 e. The maximum Gasteiger partial charge on any atom is 0.417 e. The summed E-state index contributed by atoms with van der Waals surface area (Å²) in [6.45, 7) is 0.342. The Morgan fingerprint density at radius 2 is 1.84 bits per heavy atom. The summed E-state index contributed by atoms with van der Waals surface area (Å²) in [6, 6.07) is 11.9. The van der Waals surface area contributed by atoms with Crippen molar-refractivity contribution in [2.45, 2.75) is 19.0 Å². The van der Waals surface area contributed by atoms with Crippen LogP contribution in [-0.4, -0.2) is 29.3 Å². The van der Waals surface area contributed by atoms with Crippen LogP contribution in [0.3, 0.4) is 0 Å². The summed E-state index contributed by atoms with van der Waals surface area (Å²) in [5, 5.41) is 18.0. The molecule has 0 saturated carbocycles. The van der Waals surface area contributed by atoms with Crippen molar-refractivity contribution in [1.82, 2.24) is 0 Å². The number of anilines is 2. The van der Waals surface area contributed by atoms with Gasteiger partial charge in [-0.15, -0.1) is 0 Å². The smallest absolute Gasteiger partial charge is 0.392 e. The van der Waals surface area contributed by atoms with Crippen LogP contribution < -0.4 is 9.80 Å². The number of aliphatic hydroxyl groups excluding tert-OH is 1. The van der Waals surface area contributed by atoms with Gasteiger partial charge in [-0.25, -0.2) is 0 Å². The number of thiocarbonyl (C=S) groups is 1. The lowest BCUT2D eigenvalue weighted by atomic mass is 10.1. The second-order valence-electron chi connectivity index (χ2n) is 6.78. The fraction of sp³-hybridized carbons (Fsp3) is 0.227. The van der Waals surface area contributed by atoms with Crippen molar-refractivity contribution >= 4 is 40.7 Å². The number of aliphatic hydroxyl groups is 1. The van der Waals surface area contributed by atoms with Gasteiger partial charge in [0.05, 0.1) is 29.5 Å². The first-order chi connectivity index (χ1) is 14.8. The molecule has 2 aromatic carbocycles. The molecule has 1 amide bonds. The van der Waals surface area contributed by atoms with Gasteiger partial charge >= 0.3 is 6.18 Å². The molecule has 1 fully saturated rings. The quantitative estimate of drug-likeness (QED) is 0.702. The van der Waals surface area contributed by atoms with E-state index in [2.05, 4.69) is 0 Å². The van der Waals surface area contributed by atoms with Crippen LogP contribution in [0.5, 0.6) is 0 Å². The number of amides is 1. The highest BCUT2D eigenvalue weighted by molar-refractivity contribution is 7.81. The second-order valence-corrected chi connectivity index (χ2v) is 7.15. The predicted octanol–water partition coefficient (Wildman–Crippen LogP) is 4.50. The van der Waals surface area contributed by atoms with Crippen LogP contribution in [-0.2, 0) is 11.0 Å². The Labute approximate surface area is 182 Å². The van der Waals surface area contributed by atoms with Gasteiger partial charge in [0, 0.05) is 18.7 Å². The third-order valence-corrected chi connectivity index (χ3v) is 5.15. The molecule has 3 rings (SSSR count). The van der Waals surface area contributed by atoms with Crippen molar-refractivity contribution in [2.75, 3.05) is 23.0 Å². The first kappa shape index (κ1) is 22.5. The first-order valence-corrected chi connectivity index (χ1v) is 9.80. The molecule has 2 aromatic rings. The Kier molecular flexibility index (Phi) is 6.73. The number of alkyl halides is 3. The van der Waals surface area contributed by atoms with Gasteiger partial charge in [-0.2, -0.15) is 18.4 Å². The van der Waals surface area contributed by atoms with E-state index in [1.807, 2.05) is 12.1 Å². The fourth-order valence-electron chi connectivity index (χ4n) is 3.27. The third kappa shape index (κ3) is 4.93. The van der Waals surface area contributed by atoms with Gasteiger partial charge < -0.3 is 10.0 Å². The maximum absolute atomic E-state index is 13.4. The van der Waals surface area contributed by atoms with Crippen LogP contribution in [0.1, 0.15) is 29.5 Å². The Morgan fingerprint density at radius 1 is 1.16 bits per heavy atom. The normalized spacial score (nSPS) is 15.3. The van der Waals surface area contributed by atoms with Crippen molar-refractivity contribution < 1.29 is 23.1 Å². The van der Waals surface area contributed by atoms with Crippen LogP contribution in [0.4, 0.5) is 24.5 Å². The van der Waals surface area contributed by atoms with Crippen LogP contribution in [0.2, 0.25) is 0 Å². The molecule has 0 radical (unpaired) electrons. The SMILES string of the molecule is N#Cc1ccc(N2C(=O)CCCN(c3ccc(C=CCO)cc3)C2=S)cc1C(F)(F)F. The number of nitriles is 1. The van der Waals surface area contributed by atoms with Crippen molar-refractivity contribution in [1.29, 1.82) is 5.26 Å². The summed E-state index contributed by atoms with van der Waals surface area (Å²) in [5.41, 5.74) is -0.119. The molecule has 0 aliphatic carbocycles. The van der Waals surface area contributed by atoms with Crippen LogP contribution >= 0.6 is 12.2 Å². The standard InChI is InChI=1S/C22H18F3N3O2S/c23-22(24,25)19-13-18(10-7-16(19)14-26)28-20(30)4-1-11-27(21(28)31)17-8-5-15(6-9-17)3-2-12-29/h2-3,5-10,13,29H,1,4,11-12H2. The highest BCUT2D eigenvalue weighted by atomic mass is 32.1. The number of carbonyl (C=O) groups excluding carboxylic acids is 1. The molecule has 0 bridgehead atoms. The fourth-order valence-corrected chi connectivity index (χ4v) is 3.68. The summed E-state index contributed by atoms with van der Waals surface area (Å²) in [4.78, 5) is 15.5. The molecule has 1 saturated heterocycles. The lowest BCUT2D eigenvalue weighted by molar-refractivity contribution is -0.137. The van der Waals surface area contributed by atoms with E-state index in [9.17, 15) is 18.0 Å². The monoisotopic (exact) mass is 445 g/mol. The van der Waals surface area contributed by atoms with E-state index in [0.29, 0.717) is 18.7 Å². The minimum atomic E-state index is -4.74. The number of hydrogen-bond donors (Lipinski definition) is 1. The molecule has 0 atom stereocenters. The molecule has 0 unspecified atom stereocenters. The second kappa shape index (κ2) is 9.29. The highest BCUT2D eigenvalue weighted by Gasteiger charge is 2.36. The number of hydrogen-bond acceptors (Lipinski definition) is 4. The molecular formula is C22H18F3N3O2S. The molecule has 1 aliphatic rings. The average Bonchev–Trinajstić information content (AvgIpc) is 2.89. The minimum absolute atomic E-state index is 0.0317. The molecule has 5 nitrogen and oxygen atoms in total. The summed E-state index contributed by atoms with van der Waals surface area (Å²) >= 11 is 5.51. The molecule has 160 valence electrons. The average molecular weight is 445 g/mol. The largest absolute Gasteiger partial charge is 0.417 e. The zero-order valence-corrected chi connectivity index (χ0v) is 17.1. The zero-order chi connectivity index (χ0) is 22.6. The molecule has 9 heteroatoms. The van der Waals surface area contributed by atoms with Crippen molar-refractivity contribution in [3.8, 4) is 6.07 Å². The van der Waals surface area contributed by atoms with E-state index in [1.165, 1.54) is 12.1 Å². The van der Waals surface area contributed by atoms with E-state index < -0.39 is 23.2 Å². The number of rotatable bonds is 4. The maximum atomic E-state index is 13.4. The van der Waals surface area contributed by atoms with E-state index in [1.54, 1.807) is 29.2 Å². The van der Waals surface area contributed by atoms with Crippen molar-refractivity contribution in [2.24, 2.45) is 0 Å². The summed E-state index contributed by atoms with van der Waals surface area (Å²) in [5.74, 6) is -0.409. The van der Waals surface area contributed by atoms with Gasteiger partial charge in [0.2, 0.25) is 5.91 Å². The first-order valence-electron chi connectivity index (χ1n) is 9.39. The van der Waals surface area contributed by atoms with Gasteiger partial charge in [0.15, 0.2) is 5.11 Å². The lowest BCUT2D eigenvalue weighted by Crippen LogP contribution is -2.44. The number of benzene rings is 2. The molecule has 0 spiro atoms. The van der Waals surface area contributed by atoms with Gasteiger partial charge in [-0.05, 0) is 54.5 Å². The lowest BCUT2D eigenvalue weighted by Gasteiger charge is -2.30. The van der Waals surface area contributed by atoms with E-state index in [-0.39, 0.29) is 23.8 Å². The molecule has 1 N–H and O–H groups in total. The van der Waals surface area contributed by atoms with E-state index >= 15 is 0 Å². The van der Waals surface area contributed by atoms with Crippen LogP contribution in [0.15, 0.2) is 48.5 Å². The third-order valence-electron chi connectivity index (χ3n) is 4.75. The molecule has 0 aromatic heterocycles. The predicted molar refractivity (Wildman–Crippen MR) is 115 cm³/mol. The van der Waals surface area contributed by atoms with Crippen molar-refractivity contribution in [3.63, 3.8) is 0 Å². The topological polar surface area (TPSA) is 67.6 Å². The Balaban J connectivity index is 1.99. The Morgan fingerprint density at radius 3 is 2.45 bits per heavy atom. The Hall–Kier alpha value is -3.22. The van der Waals surface area contributed by atoms with Crippen LogP contribution in [0.25, 0.3) is 6.08 Å². The number of halogens is 3. The summed E-state index contributed by atoms with van der Waals surface area (Å²) in [7, 11) is 0. The van der Waals surface area contributed by atoms with Gasteiger partial charge in [-0.3, -0.25) is 9.69 Å². The van der Waals surface area contributed by atoms with E-state index in [0.717, 1.165) is 22.6 Å². The number of nitrogens with zero attached hydrogens (tertiary/aromatic N) is 3. The molecule has 1 aliphatic heterocycles. The van der Waals surface area contributed by atoms with E-state index in [4.69, 9.17) is 22.6 Å². The number of carbonyl (C=O) groups is 1. The molecule has 1 heterocycles. The molecular weight excluding hydrogens is 427 g/mol. The Bertz CT molecular complexity index is 1060. The summed E-state index contributed by atoms with van der Waals surface area (Å²) < 4.78 is 40.2. The summed E-state index contributed by atoms with van der Waals surface area (Å²) in [6.07, 6.45) is -0.806. The highest BCUT2D eigenvalue weighted by Crippen LogP contribution is 2.35.